The van der Waals surface area contributed by atoms with Gasteiger partial charge in [-0.1, -0.05) is 48.5 Å². The minimum absolute atomic E-state index is 0.201. The Morgan fingerprint density at radius 3 is 2.00 bits per heavy atom. The fourth-order valence-electron chi connectivity index (χ4n) is 1.46. The van der Waals surface area contributed by atoms with Gasteiger partial charge in [-0.05, 0) is 17.7 Å². The largest absolute Gasteiger partial charge is 0.497 e. The van der Waals surface area contributed by atoms with Crippen LogP contribution in [0.3, 0.4) is 0 Å². The Hall–Kier alpha value is -1.84. The molecule has 0 aliphatic rings. The number of methoxy groups -OCH3 is 1. The summed E-state index contributed by atoms with van der Waals surface area (Å²) in [7, 11) is 1.66. The van der Waals surface area contributed by atoms with Gasteiger partial charge in [0.05, 0.1) is 13.7 Å². The molecule has 102 valence electrons. The highest BCUT2D eigenvalue weighted by Crippen LogP contribution is 2.05. The topological polar surface area (TPSA) is 41.5 Å². The summed E-state index contributed by atoms with van der Waals surface area (Å²) in [6, 6.07) is 19.8. The number of hydrogen-bond donors (Lipinski definition) is 2. The molecule has 0 amide bonds. The highest BCUT2D eigenvalue weighted by molar-refractivity contribution is 5.20. The van der Waals surface area contributed by atoms with Crippen molar-refractivity contribution in [3.05, 3.63) is 66.2 Å². The van der Waals surface area contributed by atoms with Crippen molar-refractivity contribution >= 4 is 0 Å². The van der Waals surface area contributed by atoms with Crippen LogP contribution < -0.4 is 10.1 Å². The van der Waals surface area contributed by atoms with Gasteiger partial charge in [0, 0.05) is 13.1 Å². The molecule has 0 bridgehead atoms. The average Bonchev–Trinajstić information content (AvgIpc) is 2.50. The smallest absolute Gasteiger partial charge is 0.118 e. The van der Waals surface area contributed by atoms with Crippen molar-refractivity contribution in [3.8, 4) is 5.75 Å². The van der Waals surface area contributed by atoms with E-state index in [9.17, 15) is 0 Å². The summed E-state index contributed by atoms with van der Waals surface area (Å²) in [5, 5.41) is 11.6. The molecule has 2 rings (SSSR count). The van der Waals surface area contributed by atoms with Crippen molar-refractivity contribution in [2.24, 2.45) is 0 Å². The molecule has 0 aliphatic carbocycles. The molecule has 0 aromatic heterocycles. The van der Waals surface area contributed by atoms with Crippen LogP contribution >= 0.6 is 0 Å². The van der Waals surface area contributed by atoms with Gasteiger partial charge in [0.1, 0.15) is 5.75 Å². The molecular weight excluding hydrogens is 238 g/mol. The van der Waals surface area contributed by atoms with Gasteiger partial charge in [-0.15, -0.1) is 0 Å². The first-order chi connectivity index (χ1) is 9.36. The standard InChI is InChI=1S/C9H13NO.C7H8O/c11-7-6-10-8-9-4-2-1-3-5-9;1-8-7-5-3-2-4-6-7/h1-5,10-11H,6-8H2;2-6H,1H3. The van der Waals surface area contributed by atoms with E-state index >= 15 is 0 Å². The second kappa shape index (κ2) is 10.1. The predicted molar refractivity (Wildman–Crippen MR) is 78.2 cm³/mol. The lowest BCUT2D eigenvalue weighted by molar-refractivity contribution is 0.292. The lowest BCUT2D eigenvalue weighted by atomic mass is 10.2. The number of ether oxygens (including phenoxy) is 1. The van der Waals surface area contributed by atoms with E-state index in [1.54, 1.807) is 7.11 Å². The molecule has 0 aliphatic heterocycles. The molecule has 2 aromatic rings. The third-order valence-corrected chi connectivity index (χ3v) is 2.44. The molecule has 0 fully saturated rings. The summed E-state index contributed by atoms with van der Waals surface area (Å²) in [6.45, 7) is 1.70. The van der Waals surface area contributed by atoms with Crippen LogP contribution in [0, 0.1) is 0 Å². The zero-order valence-electron chi connectivity index (χ0n) is 11.3. The van der Waals surface area contributed by atoms with Crippen LogP contribution in [0.2, 0.25) is 0 Å². The predicted octanol–water partition coefficient (Wildman–Crippen LogP) is 2.46. The zero-order valence-corrected chi connectivity index (χ0v) is 11.3. The highest BCUT2D eigenvalue weighted by Gasteiger charge is 1.87. The molecule has 2 N–H and O–H groups in total. The number of hydrogen-bond acceptors (Lipinski definition) is 3. The van der Waals surface area contributed by atoms with Gasteiger partial charge in [0.15, 0.2) is 0 Å². The van der Waals surface area contributed by atoms with Crippen LogP contribution in [-0.4, -0.2) is 25.4 Å². The summed E-state index contributed by atoms with van der Waals surface area (Å²) in [5.41, 5.74) is 1.25. The number of rotatable bonds is 5. The Morgan fingerprint density at radius 2 is 1.53 bits per heavy atom. The Balaban J connectivity index is 0.000000200. The number of benzene rings is 2. The van der Waals surface area contributed by atoms with Crippen LogP contribution in [0.5, 0.6) is 5.75 Å². The van der Waals surface area contributed by atoms with Gasteiger partial charge >= 0.3 is 0 Å². The van der Waals surface area contributed by atoms with Crippen LogP contribution in [0.1, 0.15) is 5.56 Å². The van der Waals surface area contributed by atoms with Crippen LogP contribution in [0.4, 0.5) is 0 Å². The van der Waals surface area contributed by atoms with Gasteiger partial charge in [0.25, 0.3) is 0 Å². The summed E-state index contributed by atoms with van der Waals surface area (Å²) in [6.07, 6.45) is 0. The van der Waals surface area contributed by atoms with Crippen LogP contribution in [-0.2, 0) is 6.54 Å². The van der Waals surface area contributed by atoms with E-state index in [2.05, 4.69) is 17.4 Å². The van der Waals surface area contributed by atoms with E-state index in [4.69, 9.17) is 9.84 Å². The maximum absolute atomic E-state index is 8.48. The van der Waals surface area contributed by atoms with Gasteiger partial charge < -0.3 is 15.2 Å². The second-order valence-corrected chi connectivity index (χ2v) is 3.90. The van der Waals surface area contributed by atoms with Crippen molar-refractivity contribution in [1.29, 1.82) is 0 Å². The summed E-state index contributed by atoms with van der Waals surface area (Å²) >= 11 is 0. The van der Waals surface area contributed by atoms with Crippen molar-refractivity contribution in [1.82, 2.24) is 5.32 Å². The van der Waals surface area contributed by atoms with Crippen molar-refractivity contribution in [3.63, 3.8) is 0 Å². The number of aliphatic hydroxyl groups is 1. The number of aliphatic hydroxyl groups excluding tert-OH is 1. The van der Waals surface area contributed by atoms with Gasteiger partial charge in [0.2, 0.25) is 0 Å². The van der Waals surface area contributed by atoms with Crippen molar-refractivity contribution in [2.75, 3.05) is 20.3 Å². The fraction of sp³-hybridized carbons (Fsp3) is 0.250. The molecule has 3 heteroatoms. The summed E-state index contributed by atoms with van der Waals surface area (Å²) in [5.74, 6) is 0.910. The molecule has 0 spiro atoms. The average molecular weight is 259 g/mol. The second-order valence-electron chi connectivity index (χ2n) is 3.90. The van der Waals surface area contributed by atoms with Crippen molar-refractivity contribution < 1.29 is 9.84 Å². The minimum atomic E-state index is 0.201. The van der Waals surface area contributed by atoms with Gasteiger partial charge in [-0.3, -0.25) is 0 Å². The molecule has 0 atom stereocenters. The zero-order chi connectivity index (χ0) is 13.8. The van der Waals surface area contributed by atoms with E-state index in [1.807, 2.05) is 48.5 Å². The SMILES string of the molecule is COc1ccccc1.OCCNCc1ccccc1. The van der Waals surface area contributed by atoms with E-state index in [0.717, 1.165) is 12.3 Å². The van der Waals surface area contributed by atoms with Gasteiger partial charge in [-0.25, -0.2) is 0 Å². The molecule has 19 heavy (non-hydrogen) atoms. The van der Waals surface area contributed by atoms with E-state index in [-0.39, 0.29) is 6.61 Å². The summed E-state index contributed by atoms with van der Waals surface area (Å²) < 4.78 is 4.91. The first kappa shape index (κ1) is 15.2. The lowest BCUT2D eigenvalue weighted by Crippen LogP contribution is -2.17. The lowest BCUT2D eigenvalue weighted by Gasteiger charge is -2.01. The van der Waals surface area contributed by atoms with Crippen LogP contribution in [0.25, 0.3) is 0 Å². The van der Waals surface area contributed by atoms with E-state index in [0.29, 0.717) is 6.54 Å². The maximum Gasteiger partial charge on any atom is 0.118 e. The van der Waals surface area contributed by atoms with E-state index < -0.39 is 0 Å². The molecule has 0 saturated heterocycles. The van der Waals surface area contributed by atoms with Crippen molar-refractivity contribution in [2.45, 2.75) is 6.54 Å². The maximum atomic E-state index is 8.48. The molecule has 0 unspecified atom stereocenters. The first-order valence-corrected chi connectivity index (χ1v) is 6.31. The monoisotopic (exact) mass is 259 g/mol. The Kier molecular flexibility index (Phi) is 8.10. The summed E-state index contributed by atoms with van der Waals surface area (Å²) in [4.78, 5) is 0. The first-order valence-electron chi connectivity index (χ1n) is 6.31. The Labute approximate surface area is 114 Å². The fourth-order valence-corrected chi connectivity index (χ4v) is 1.46. The quantitative estimate of drug-likeness (QED) is 0.810. The Bertz CT molecular complexity index is 417. The molecule has 2 aromatic carbocycles. The number of para-hydroxylation sites is 1. The molecule has 0 heterocycles. The third-order valence-electron chi connectivity index (χ3n) is 2.44. The molecule has 3 nitrogen and oxygen atoms in total. The van der Waals surface area contributed by atoms with E-state index in [1.165, 1.54) is 5.56 Å². The van der Waals surface area contributed by atoms with Gasteiger partial charge in [-0.2, -0.15) is 0 Å². The normalized spacial score (nSPS) is 9.37. The molecular formula is C16H21NO2. The third kappa shape index (κ3) is 7.24. The minimum Gasteiger partial charge on any atom is -0.497 e. The highest BCUT2D eigenvalue weighted by atomic mass is 16.5. The Morgan fingerprint density at radius 1 is 0.947 bits per heavy atom. The van der Waals surface area contributed by atoms with Crippen LogP contribution in [0.15, 0.2) is 60.7 Å². The molecule has 0 saturated carbocycles. The number of nitrogens with one attached hydrogen (secondary N) is 1. The molecule has 0 radical (unpaired) electrons.